The molecule has 1 saturated heterocycles. The highest BCUT2D eigenvalue weighted by Crippen LogP contribution is 2.30. The number of aromatic nitrogens is 2. The molecule has 0 N–H and O–H groups in total. The Hall–Kier alpha value is -0.780. The summed E-state index contributed by atoms with van der Waals surface area (Å²) in [5.41, 5.74) is 0. The maximum atomic E-state index is 12.4. The lowest BCUT2D eigenvalue weighted by Gasteiger charge is -2.37. The van der Waals surface area contributed by atoms with Crippen molar-refractivity contribution in [2.75, 3.05) is 18.0 Å². The van der Waals surface area contributed by atoms with Gasteiger partial charge in [0.05, 0.1) is 13.1 Å². The minimum absolute atomic E-state index is 0.247. The highest BCUT2D eigenvalue weighted by Gasteiger charge is 2.45. The lowest BCUT2D eigenvalue weighted by Crippen LogP contribution is -2.56. The van der Waals surface area contributed by atoms with Crippen LogP contribution in [0, 0.1) is 6.92 Å². The molecule has 0 spiro atoms. The van der Waals surface area contributed by atoms with Crippen LogP contribution in [0.15, 0.2) is 0 Å². The van der Waals surface area contributed by atoms with Crippen molar-refractivity contribution in [2.24, 2.45) is 0 Å². The van der Waals surface area contributed by atoms with Gasteiger partial charge in [0, 0.05) is 0 Å². The van der Waals surface area contributed by atoms with Crippen molar-refractivity contribution in [2.45, 2.75) is 12.8 Å². The number of hydrogen-bond acceptors (Lipinski definition) is 4. The van der Waals surface area contributed by atoms with E-state index in [4.69, 9.17) is 0 Å². The number of halogens is 2. The van der Waals surface area contributed by atoms with Crippen LogP contribution in [0.25, 0.3) is 0 Å². The molecule has 1 aromatic rings. The second kappa shape index (κ2) is 2.35. The summed E-state index contributed by atoms with van der Waals surface area (Å²) < 4.78 is 28.7. The predicted octanol–water partition coefficient (Wildman–Crippen LogP) is 1.30. The Morgan fingerprint density at radius 1 is 1.50 bits per heavy atom. The summed E-state index contributed by atoms with van der Waals surface area (Å²) in [6, 6.07) is 0. The van der Waals surface area contributed by atoms with Gasteiger partial charge < -0.3 is 4.90 Å². The molecule has 0 amide bonds. The van der Waals surface area contributed by atoms with Crippen LogP contribution in [0.1, 0.15) is 5.01 Å². The van der Waals surface area contributed by atoms with Gasteiger partial charge in [-0.15, -0.1) is 0 Å². The van der Waals surface area contributed by atoms with Gasteiger partial charge in [0.15, 0.2) is 0 Å². The molecule has 6 heteroatoms. The molecule has 0 bridgehead atoms. The number of alkyl halides is 2. The first-order valence-corrected chi connectivity index (χ1v) is 4.27. The minimum Gasteiger partial charge on any atom is -0.328 e. The van der Waals surface area contributed by atoms with Crippen molar-refractivity contribution in [3.05, 3.63) is 5.01 Å². The Morgan fingerprint density at radius 3 is 2.58 bits per heavy atom. The van der Waals surface area contributed by atoms with Crippen molar-refractivity contribution >= 4 is 17.5 Å². The number of rotatable bonds is 1. The third-order valence-corrected chi connectivity index (χ3v) is 2.25. The van der Waals surface area contributed by atoms with E-state index < -0.39 is 5.92 Å². The first-order chi connectivity index (χ1) is 5.57. The summed E-state index contributed by atoms with van der Waals surface area (Å²) in [4.78, 5) is 5.47. The first-order valence-electron chi connectivity index (χ1n) is 3.50. The van der Waals surface area contributed by atoms with Crippen LogP contribution in [-0.2, 0) is 0 Å². The van der Waals surface area contributed by atoms with Crippen LogP contribution in [0.4, 0.5) is 14.7 Å². The smallest absolute Gasteiger partial charge is 0.282 e. The quantitative estimate of drug-likeness (QED) is 0.670. The third-order valence-electron chi connectivity index (χ3n) is 1.64. The van der Waals surface area contributed by atoms with Crippen molar-refractivity contribution in [3.8, 4) is 0 Å². The fraction of sp³-hybridized carbons (Fsp3) is 0.667. The van der Waals surface area contributed by atoms with Gasteiger partial charge in [-0.3, -0.25) is 0 Å². The van der Waals surface area contributed by atoms with E-state index in [0.29, 0.717) is 5.95 Å². The molecule has 12 heavy (non-hydrogen) atoms. The predicted molar refractivity (Wildman–Crippen MR) is 41.8 cm³/mol. The Balaban J connectivity index is 2.06. The summed E-state index contributed by atoms with van der Waals surface area (Å²) in [6.07, 6.45) is 0. The molecule has 2 rings (SSSR count). The molecule has 0 aromatic carbocycles. The highest BCUT2D eigenvalue weighted by molar-refractivity contribution is 7.05. The summed E-state index contributed by atoms with van der Waals surface area (Å²) in [6.45, 7) is 1.31. The summed E-state index contributed by atoms with van der Waals surface area (Å²) in [5, 5.41) is 0.806. The van der Waals surface area contributed by atoms with Crippen LogP contribution in [-0.4, -0.2) is 28.4 Å². The maximum Gasteiger partial charge on any atom is 0.282 e. The van der Waals surface area contributed by atoms with E-state index >= 15 is 0 Å². The lowest BCUT2D eigenvalue weighted by molar-refractivity contribution is -0.0270. The van der Waals surface area contributed by atoms with E-state index in [1.165, 1.54) is 16.4 Å². The fourth-order valence-electron chi connectivity index (χ4n) is 1.07. The van der Waals surface area contributed by atoms with Crippen LogP contribution >= 0.6 is 11.5 Å². The normalized spacial score (nSPS) is 20.8. The molecule has 0 aliphatic carbocycles. The van der Waals surface area contributed by atoms with Gasteiger partial charge in [0.2, 0.25) is 5.95 Å². The van der Waals surface area contributed by atoms with Gasteiger partial charge in [-0.05, 0) is 18.5 Å². The average molecular weight is 191 g/mol. The molecule has 0 unspecified atom stereocenters. The van der Waals surface area contributed by atoms with Gasteiger partial charge in [0.1, 0.15) is 5.01 Å². The summed E-state index contributed by atoms with van der Waals surface area (Å²) >= 11 is 1.23. The van der Waals surface area contributed by atoms with Gasteiger partial charge in [-0.1, -0.05) is 0 Å². The van der Waals surface area contributed by atoms with E-state index in [0.717, 1.165) is 5.01 Å². The zero-order valence-electron chi connectivity index (χ0n) is 6.42. The molecular weight excluding hydrogens is 184 g/mol. The van der Waals surface area contributed by atoms with E-state index in [9.17, 15) is 8.78 Å². The Kier molecular flexibility index (Phi) is 1.54. The molecular formula is C6H7F2N3S. The first kappa shape index (κ1) is 7.85. The Morgan fingerprint density at radius 2 is 2.17 bits per heavy atom. The van der Waals surface area contributed by atoms with Crippen LogP contribution in [0.5, 0.6) is 0 Å². The monoisotopic (exact) mass is 191 g/mol. The van der Waals surface area contributed by atoms with Gasteiger partial charge in [-0.25, -0.2) is 13.8 Å². The van der Waals surface area contributed by atoms with Crippen LogP contribution in [0.3, 0.4) is 0 Å². The number of nitrogens with zero attached hydrogens (tertiary/aromatic N) is 3. The molecule has 66 valence electrons. The van der Waals surface area contributed by atoms with Gasteiger partial charge in [0.25, 0.3) is 5.92 Å². The minimum atomic E-state index is -2.54. The zero-order valence-corrected chi connectivity index (χ0v) is 7.24. The largest absolute Gasteiger partial charge is 0.328 e. The van der Waals surface area contributed by atoms with Crippen molar-refractivity contribution < 1.29 is 8.78 Å². The second-order valence-corrected chi connectivity index (χ2v) is 3.78. The van der Waals surface area contributed by atoms with E-state index in [1.54, 1.807) is 6.92 Å². The van der Waals surface area contributed by atoms with Gasteiger partial charge in [-0.2, -0.15) is 4.37 Å². The Labute approximate surface area is 72.2 Å². The summed E-state index contributed by atoms with van der Waals surface area (Å²) in [5.74, 6) is -2.11. The number of aryl methyl sites for hydroxylation is 1. The van der Waals surface area contributed by atoms with Crippen molar-refractivity contribution in [1.29, 1.82) is 0 Å². The van der Waals surface area contributed by atoms with E-state index in [1.807, 2.05) is 0 Å². The zero-order chi connectivity index (χ0) is 8.77. The Bertz CT molecular complexity index is 291. The second-order valence-electron chi connectivity index (χ2n) is 2.83. The standard InChI is InChI=1S/C6H7F2N3S/c1-4-9-5(10-12-4)11-2-6(7,8)3-11/h2-3H2,1H3. The van der Waals surface area contributed by atoms with E-state index in [-0.39, 0.29) is 13.1 Å². The summed E-state index contributed by atoms with van der Waals surface area (Å²) in [7, 11) is 0. The maximum absolute atomic E-state index is 12.4. The molecule has 1 aliphatic heterocycles. The van der Waals surface area contributed by atoms with Crippen LogP contribution in [0.2, 0.25) is 0 Å². The fourth-order valence-corrected chi connectivity index (χ4v) is 1.56. The lowest BCUT2D eigenvalue weighted by atomic mass is 10.2. The molecule has 2 heterocycles. The van der Waals surface area contributed by atoms with Gasteiger partial charge >= 0.3 is 0 Å². The average Bonchev–Trinajstić information content (AvgIpc) is 2.30. The SMILES string of the molecule is Cc1nc(N2CC(F)(F)C2)ns1. The number of hydrogen-bond donors (Lipinski definition) is 0. The van der Waals surface area contributed by atoms with Crippen LogP contribution < -0.4 is 4.90 Å². The third kappa shape index (κ3) is 1.26. The topological polar surface area (TPSA) is 29.0 Å². The van der Waals surface area contributed by atoms with Crippen molar-refractivity contribution in [1.82, 2.24) is 9.36 Å². The molecule has 3 nitrogen and oxygen atoms in total. The molecule has 0 radical (unpaired) electrons. The highest BCUT2D eigenvalue weighted by atomic mass is 32.1. The van der Waals surface area contributed by atoms with E-state index in [2.05, 4.69) is 9.36 Å². The van der Waals surface area contributed by atoms with Crippen molar-refractivity contribution in [3.63, 3.8) is 0 Å². The molecule has 1 aromatic heterocycles. The number of anilines is 1. The molecule has 0 saturated carbocycles. The molecule has 1 fully saturated rings. The molecule has 0 atom stereocenters. The molecule has 1 aliphatic rings.